The molecular formula is C20H32F3N7O2S. The summed E-state index contributed by atoms with van der Waals surface area (Å²) in [5.74, 6) is 4.49. The zero-order chi connectivity index (χ0) is 25.4. The van der Waals surface area contributed by atoms with Crippen LogP contribution in [0.15, 0.2) is 35.7 Å². The number of hydrazone groups is 1. The molecule has 1 aromatic heterocycles. The SMILES string of the molecule is CC.CC.CCS(=O)NCC(Nc1ncc(/C(N)=N/N)cn1)c1ccc(OC(F)F)cc1F. The summed E-state index contributed by atoms with van der Waals surface area (Å²) >= 11 is 0. The Morgan fingerprint density at radius 3 is 2.30 bits per heavy atom. The number of hydrogen-bond acceptors (Lipinski definition) is 7. The molecule has 13 heteroatoms. The average molecular weight is 492 g/mol. The van der Waals surface area contributed by atoms with Crippen molar-refractivity contribution in [3.8, 4) is 5.75 Å². The molecule has 0 spiro atoms. The Hall–Kier alpha value is -2.93. The number of ether oxygens (including phenoxy) is 1. The van der Waals surface area contributed by atoms with Crippen LogP contribution in [0.2, 0.25) is 0 Å². The first-order valence-corrected chi connectivity index (χ1v) is 11.6. The fourth-order valence-electron chi connectivity index (χ4n) is 2.25. The summed E-state index contributed by atoms with van der Waals surface area (Å²) in [6.45, 7) is 6.69. The second-order valence-corrected chi connectivity index (χ2v) is 7.11. The number of anilines is 1. The fourth-order valence-corrected chi connectivity index (χ4v) is 2.81. The van der Waals surface area contributed by atoms with E-state index in [1.807, 2.05) is 27.7 Å². The predicted octanol–water partition coefficient (Wildman–Crippen LogP) is 3.27. The Morgan fingerprint density at radius 1 is 1.21 bits per heavy atom. The highest BCUT2D eigenvalue weighted by atomic mass is 32.2. The van der Waals surface area contributed by atoms with Gasteiger partial charge in [-0.25, -0.2) is 23.3 Å². The van der Waals surface area contributed by atoms with Gasteiger partial charge in [0.25, 0.3) is 0 Å². The summed E-state index contributed by atoms with van der Waals surface area (Å²) < 4.78 is 57.8. The van der Waals surface area contributed by atoms with Crippen LogP contribution in [0.5, 0.6) is 5.75 Å². The molecular weight excluding hydrogens is 459 g/mol. The molecule has 2 unspecified atom stereocenters. The van der Waals surface area contributed by atoms with Crippen molar-refractivity contribution in [1.82, 2.24) is 14.7 Å². The van der Waals surface area contributed by atoms with Crippen molar-refractivity contribution in [2.75, 3.05) is 17.6 Å². The maximum absolute atomic E-state index is 14.5. The number of rotatable bonds is 10. The summed E-state index contributed by atoms with van der Waals surface area (Å²) in [4.78, 5) is 8.12. The van der Waals surface area contributed by atoms with Crippen LogP contribution in [0.4, 0.5) is 19.1 Å². The lowest BCUT2D eigenvalue weighted by Crippen LogP contribution is -2.30. The van der Waals surface area contributed by atoms with E-state index in [4.69, 9.17) is 11.6 Å². The smallest absolute Gasteiger partial charge is 0.387 e. The zero-order valence-corrected chi connectivity index (χ0v) is 20.1. The molecule has 0 radical (unpaired) electrons. The van der Waals surface area contributed by atoms with Crippen LogP contribution in [0, 0.1) is 5.82 Å². The molecule has 0 aliphatic heterocycles. The molecule has 1 heterocycles. The molecule has 6 N–H and O–H groups in total. The molecule has 0 amide bonds. The van der Waals surface area contributed by atoms with Crippen LogP contribution in [0.25, 0.3) is 0 Å². The number of nitrogens with one attached hydrogen (secondary N) is 2. The van der Waals surface area contributed by atoms with Crippen molar-refractivity contribution in [1.29, 1.82) is 0 Å². The van der Waals surface area contributed by atoms with Gasteiger partial charge >= 0.3 is 6.61 Å². The molecule has 0 aliphatic rings. The van der Waals surface area contributed by atoms with Crippen molar-refractivity contribution in [2.45, 2.75) is 47.3 Å². The van der Waals surface area contributed by atoms with Crippen molar-refractivity contribution in [3.63, 3.8) is 0 Å². The fraction of sp³-hybridized carbons (Fsp3) is 0.450. The Balaban J connectivity index is 0.00000242. The van der Waals surface area contributed by atoms with Gasteiger partial charge in [-0.2, -0.15) is 13.9 Å². The van der Waals surface area contributed by atoms with Gasteiger partial charge in [0.1, 0.15) is 11.6 Å². The van der Waals surface area contributed by atoms with Crippen molar-refractivity contribution in [3.05, 3.63) is 47.5 Å². The van der Waals surface area contributed by atoms with Crippen molar-refractivity contribution >= 4 is 22.8 Å². The van der Waals surface area contributed by atoms with Gasteiger partial charge in [-0.1, -0.05) is 40.7 Å². The summed E-state index contributed by atoms with van der Waals surface area (Å²) in [5.41, 5.74) is 6.07. The van der Waals surface area contributed by atoms with E-state index in [-0.39, 0.29) is 29.6 Å². The molecule has 0 aliphatic carbocycles. The first-order chi connectivity index (χ1) is 15.8. The van der Waals surface area contributed by atoms with Crippen LogP contribution >= 0.6 is 0 Å². The molecule has 0 saturated carbocycles. The largest absolute Gasteiger partial charge is 0.435 e. The topological polar surface area (TPSA) is 141 Å². The first-order valence-electron chi connectivity index (χ1n) is 10.3. The Bertz CT molecular complexity index is 871. The minimum Gasteiger partial charge on any atom is -0.435 e. The van der Waals surface area contributed by atoms with Crippen molar-refractivity contribution < 1.29 is 22.1 Å². The lowest BCUT2D eigenvalue weighted by atomic mass is 10.1. The third-order valence-corrected chi connectivity index (χ3v) is 4.69. The van der Waals surface area contributed by atoms with Gasteiger partial charge < -0.3 is 21.6 Å². The number of benzene rings is 1. The summed E-state index contributed by atoms with van der Waals surface area (Å²) in [6.07, 6.45) is 2.73. The first kappa shape index (κ1) is 30.1. The number of aromatic nitrogens is 2. The molecule has 2 rings (SSSR count). The maximum Gasteiger partial charge on any atom is 0.387 e. The van der Waals surface area contributed by atoms with Gasteiger partial charge in [0, 0.05) is 36.3 Å². The molecule has 0 bridgehead atoms. The average Bonchev–Trinajstić information content (AvgIpc) is 2.84. The minimum absolute atomic E-state index is 0.0359. The number of hydrogen-bond donors (Lipinski definition) is 4. The molecule has 186 valence electrons. The van der Waals surface area contributed by atoms with E-state index < -0.39 is 29.5 Å². The van der Waals surface area contributed by atoms with Crippen LogP contribution in [-0.2, 0) is 11.0 Å². The molecule has 0 fully saturated rings. The molecule has 1 aromatic carbocycles. The van der Waals surface area contributed by atoms with E-state index in [2.05, 4.69) is 29.8 Å². The standard InChI is InChI=1S/C16H20F3N7O2S.2C2H6/c1-2-29(27)24-8-13(11-4-3-10(5-12(11)17)28-15(18)19)25-16-22-6-9(7-23-16)14(20)26-21;2*1-2/h3-7,13,15,24H,2,8,21H2,1H3,(H2,20,26)(H,22,23,25);2*1-2H3. The van der Waals surface area contributed by atoms with Gasteiger partial charge in [-0.15, -0.1) is 0 Å². The summed E-state index contributed by atoms with van der Waals surface area (Å²) in [6, 6.07) is 2.57. The van der Waals surface area contributed by atoms with E-state index >= 15 is 0 Å². The second-order valence-electron chi connectivity index (χ2n) is 5.55. The van der Waals surface area contributed by atoms with Crippen LogP contribution in [0.1, 0.15) is 51.8 Å². The normalized spacial score (nSPS) is 12.6. The Labute approximate surface area is 194 Å². The summed E-state index contributed by atoms with van der Waals surface area (Å²) in [7, 11) is -1.33. The Morgan fingerprint density at radius 2 is 1.82 bits per heavy atom. The van der Waals surface area contributed by atoms with Crippen LogP contribution in [0.3, 0.4) is 0 Å². The highest BCUT2D eigenvalue weighted by Crippen LogP contribution is 2.25. The van der Waals surface area contributed by atoms with Gasteiger partial charge in [-0.3, -0.25) is 0 Å². The van der Waals surface area contributed by atoms with E-state index in [1.165, 1.54) is 24.5 Å². The number of alkyl halides is 2. The van der Waals surface area contributed by atoms with Gasteiger partial charge in [-0.05, 0) is 6.07 Å². The summed E-state index contributed by atoms with van der Waals surface area (Å²) in [5, 5.41) is 6.23. The number of nitrogens with two attached hydrogens (primary N) is 2. The number of halogens is 3. The third-order valence-electron chi connectivity index (χ3n) is 3.67. The zero-order valence-electron chi connectivity index (χ0n) is 19.3. The number of amidine groups is 1. The molecule has 9 nitrogen and oxygen atoms in total. The molecule has 33 heavy (non-hydrogen) atoms. The highest BCUT2D eigenvalue weighted by molar-refractivity contribution is 7.82. The van der Waals surface area contributed by atoms with E-state index in [1.54, 1.807) is 6.92 Å². The quantitative estimate of drug-likeness (QED) is 0.173. The maximum atomic E-state index is 14.5. The van der Waals surface area contributed by atoms with E-state index in [0.717, 1.165) is 6.07 Å². The monoisotopic (exact) mass is 491 g/mol. The van der Waals surface area contributed by atoms with Gasteiger partial charge in [0.05, 0.1) is 22.6 Å². The van der Waals surface area contributed by atoms with E-state index in [9.17, 15) is 17.4 Å². The van der Waals surface area contributed by atoms with Gasteiger partial charge in [0.15, 0.2) is 5.84 Å². The van der Waals surface area contributed by atoms with Crippen molar-refractivity contribution in [2.24, 2.45) is 16.7 Å². The van der Waals surface area contributed by atoms with Gasteiger partial charge in [0.2, 0.25) is 5.95 Å². The van der Waals surface area contributed by atoms with Crippen LogP contribution < -0.4 is 26.4 Å². The molecule has 2 atom stereocenters. The van der Waals surface area contributed by atoms with Crippen LogP contribution in [-0.4, -0.2) is 38.9 Å². The molecule has 2 aromatic rings. The van der Waals surface area contributed by atoms with E-state index in [0.29, 0.717) is 11.3 Å². The highest BCUT2D eigenvalue weighted by Gasteiger charge is 2.19. The second kappa shape index (κ2) is 16.7. The third kappa shape index (κ3) is 10.5. The lowest BCUT2D eigenvalue weighted by molar-refractivity contribution is -0.0500. The number of nitrogens with zero attached hydrogens (tertiary/aromatic N) is 3. The predicted molar refractivity (Wildman–Crippen MR) is 126 cm³/mol. The minimum atomic E-state index is -3.07. The molecule has 0 saturated heterocycles. The lowest BCUT2D eigenvalue weighted by Gasteiger charge is -2.20. The Kier molecular flexibility index (Phi) is 15.2.